The molecule has 0 bridgehead atoms. The predicted octanol–water partition coefficient (Wildman–Crippen LogP) is 4.14. The van der Waals surface area contributed by atoms with Crippen LogP contribution in [0.15, 0.2) is 30.3 Å². The fourth-order valence-corrected chi connectivity index (χ4v) is 2.89. The van der Waals surface area contributed by atoms with Crippen molar-refractivity contribution < 1.29 is 9.53 Å². The zero-order valence-corrected chi connectivity index (χ0v) is 11.9. The Balaban J connectivity index is 1.78. The van der Waals surface area contributed by atoms with Gasteiger partial charge in [-0.15, -0.1) is 11.3 Å². The summed E-state index contributed by atoms with van der Waals surface area (Å²) in [5.74, 6) is 0.955. The average Bonchev–Trinajstić information content (AvgIpc) is 3.15. The fraction of sp³-hybridized carbons (Fsp3) is 0.312. The summed E-state index contributed by atoms with van der Waals surface area (Å²) >= 11 is 1.56. The Morgan fingerprint density at radius 1 is 1.21 bits per heavy atom. The Morgan fingerprint density at radius 2 is 1.89 bits per heavy atom. The molecule has 0 saturated heterocycles. The highest BCUT2D eigenvalue weighted by atomic mass is 32.1. The minimum atomic E-state index is 0.0965. The lowest BCUT2D eigenvalue weighted by atomic mass is 10.1. The van der Waals surface area contributed by atoms with Gasteiger partial charge >= 0.3 is 0 Å². The van der Waals surface area contributed by atoms with Gasteiger partial charge in [-0.3, -0.25) is 4.79 Å². The quantitative estimate of drug-likeness (QED) is 0.782. The molecule has 19 heavy (non-hydrogen) atoms. The standard InChI is InChI=1S/C16H16O2S/c1-10-9-15(19-11(10)2)16(17)12-3-5-13(6-4-12)18-14-7-8-14/h3-6,9,14H,7-8H2,1-2H3. The van der Waals surface area contributed by atoms with Crippen LogP contribution in [0.25, 0.3) is 0 Å². The van der Waals surface area contributed by atoms with Gasteiger partial charge in [0.2, 0.25) is 5.78 Å². The first-order chi connectivity index (χ1) is 9.13. The molecule has 0 unspecified atom stereocenters. The van der Waals surface area contributed by atoms with Gasteiger partial charge in [0.25, 0.3) is 0 Å². The van der Waals surface area contributed by atoms with Crippen molar-refractivity contribution in [2.24, 2.45) is 0 Å². The van der Waals surface area contributed by atoms with Crippen LogP contribution in [0.4, 0.5) is 0 Å². The van der Waals surface area contributed by atoms with Crippen LogP contribution in [0.3, 0.4) is 0 Å². The van der Waals surface area contributed by atoms with Crippen LogP contribution in [-0.2, 0) is 0 Å². The topological polar surface area (TPSA) is 26.3 Å². The van der Waals surface area contributed by atoms with E-state index in [1.165, 1.54) is 10.4 Å². The maximum atomic E-state index is 12.3. The third-order valence-corrected chi connectivity index (χ3v) is 4.48. The van der Waals surface area contributed by atoms with Gasteiger partial charge in [0.15, 0.2) is 0 Å². The lowest BCUT2D eigenvalue weighted by molar-refractivity contribution is 0.104. The normalized spacial score (nSPS) is 14.4. The van der Waals surface area contributed by atoms with Gasteiger partial charge in [0.05, 0.1) is 11.0 Å². The van der Waals surface area contributed by atoms with Crippen LogP contribution >= 0.6 is 11.3 Å². The second-order valence-corrected chi connectivity index (χ2v) is 6.28. The van der Waals surface area contributed by atoms with E-state index < -0.39 is 0 Å². The number of aryl methyl sites for hydroxylation is 2. The van der Waals surface area contributed by atoms with Crippen LogP contribution in [-0.4, -0.2) is 11.9 Å². The summed E-state index contributed by atoms with van der Waals surface area (Å²) < 4.78 is 5.68. The highest BCUT2D eigenvalue weighted by Crippen LogP contribution is 2.28. The van der Waals surface area contributed by atoms with Crippen molar-refractivity contribution in [3.63, 3.8) is 0 Å². The van der Waals surface area contributed by atoms with E-state index in [0.717, 1.165) is 29.0 Å². The second-order valence-electron chi connectivity index (χ2n) is 5.02. The third kappa shape index (κ3) is 2.71. The third-order valence-electron chi connectivity index (χ3n) is 3.33. The minimum absolute atomic E-state index is 0.0965. The first-order valence-electron chi connectivity index (χ1n) is 6.52. The smallest absolute Gasteiger partial charge is 0.202 e. The number of ketones is 1. The zero-order chi connectivity index (χ0) is 13.4. The maximum Gasteiger partial charge on any atom is 0.202 e. The van der Waals surface area contributed by atoms with E-state index in [-0.39, 0.29) is 5.78 Å². The molecule has 3 rings (SSSR count). The first kappa shape index (κ1) is 12.4. The first-order valence-corrected chi connectivity index (χ1v) is 7.33. The highest BCUT2D eigenvalue weighted by molar-refractivity contribution is 7.14. The highest BCUT2D eigenvalue weighted by Gasteiger charge is 2.23. The molecule has 1 aromatic heterocycles. The summed E-state index contributed by atoms with van der Waals surface area (Å²) in [7, 11) is 0. The second kappa shape index (κ2) is 4.82. The van der Waals surface area contributed by atoms with Gasteiger partial charge in [-0.2, -0.15) is 0 Å². The van der Waals surface area contributed by atoms with Gasteiger partial charge in [-0.25, -0.2) is 0 Å². The summed E-state index contributed by atoms with van der Waals surface area (Å²) in [6, 6.07) is 9.45. The molecule has 2 nitrogen and oxygen atoms in total. The molecular weight excluding hydrogens is 256 g/mol. The van der Waals surface area contributed by atoms with Crippen LogP contribution in [0.2, 0.25) is 0 Å². The number of hydrogen-bond acceptors (Lipinski definition) is 3. The number of carbonyl (C=O) groups is 1. The van der Waals surface area contributed by atoms with E-state index in [1.54, 1.807) is 11.3 Å². The van der Waals surface area contributed by atoms with E-state index >= 15 is 0 Å². The Morgan fingerprint density at radius 3 is 2.42 bits per heavy atom. The molecule has 98 valence electrons. The molecule has 2 aromatic rings. The monoisotopic (exact) mass is 272 g/mol. The largest absolute Gasteiger partial charge is 0.490 e. The Labute approximate surface area is 117 Å². The molecule has 1 aliphatic carbocycles. The van der Waals surface area contributed by atoms with E-state index in [2.05, 4.69) is 0 Å². The lowest BCUT2D eigenvalue weighted by Gasteiger charge is -2.04. The number of ether oxygens (including phenoxy) is 1. The van der Waals surface area contributed by atoms with Gasteiger partial charge in [0.1, 0.15) is 5.75 Å². The molecule has 0 aliphatic heterocycles. The van der Waals surface area contributed by atoms with E-state index in [9.17, 15) is 4.79 Å². The van der Waals surface area contributed by atoms with E-state index in [0.29, 0.717) is 6.10 Å². The van der Waals surface area contributed by atoms with Crippen molar-refractivity contribution in [2.75, 3.05) is 0 Å². The number of rotatable bonds is 4. The zero-order valence-electron chi connectivity index (χ0n) is 11.1. The molecule has 0 N–H and O–H groups in total. The summed E-state index contributed by atoms with van der Waals surface area (Å²) in [6.45, 7) is 4.08. The SMILES string of the molecule is Cc1cc(C(=O)c2ccc(OC3CC3)cc2)sc1C. The summed E-state index contributed by atoms with van der Waals surface area (Å²) in [6.07, 6.45) is 2.69. The van der Waals surface area contributed by atoms with Crippen molar-refractivity contribution in [3.05, 3.63) is 51.2 Å². The molecule has 1 saturated carbocycles. The number of benzene rings is 1. The molecular formula is C16H16O2S. The van der Waals surface area contributed by atoms with Gasteiger partial charge in [-0.05, 0) is 62.6 Å². The minimum Gasteiger partial charge on any atom is -0.490 e. The summed E-state index contributed by atoms with van der Waals surface area (Å²) in [4.78, 5) is 14.3. The molecule has 3 heteroatoms. The fourth-order valence-electron chi connectivity index (χ4n) is 1.89. The number of carbonyl (C=O) groups excluding carboxylic acids is 1. The Bertz CT molecular complexity index is 587. The van der Waals surface area contributed by atoms with Crippen LogP contribution in [0.5, 0.6) is 5.75 Å². The van der Waals surface area contributed by atoms with Gasteiger partial charge < -0.3 is 4.74 Å². The molecule has 1 aliphatic rings. The molecule has 1 heterocycles. The van der Waals surface area contributed by atoms with Gasteiger partial charge in [-0.1, -0.05) is 0 Å². The maximum absolute atomic E-state index is 12.3. The Kier molecular flexibility index (Phi) is 3.15. The van der Waals surface area contributed by atoms with Crippen molar-refractivity contribution in [2.45, 2.75) is 32.8 Å². The summed E-state index contributed by atoms with van der Waals surface area (Å²) in [5.41, 5.74) is 1.91. The average molecular weight is 272 g/mol. The van der Waals surface area contributed by atoms with E-state index in [4.69, 9.17) is 4.74 Å². The molecule has 1 fully saturated rings. The van der Waals surface area contributed by atoms with Crippen LogP contribution in [0.1, 0.15) is 38.5 Å². The number of hydrogen-bond donors (Lipinski definition) is 0. The van der Waals surface area contributed by atoms with E-state index in [1.807, 2.05) is 44.2 Å². The molecule has 0 radical (unpaired) electrons. The summed E-state index contributed by atoms with van der Waals surface area (Å²) in [5, 5.41) is 0. The molecule has 0 amide bonds. The predicted molar refractivity (Wildman–Crippen MR) is 77.3 cm³/mol. The van der Waals surface area contributed by atoms with Crippen LogP contribution < -0.4 is 4.74 Å². The van der Waals surface area contributed by atoms with Crippen molar-refractivity contribution >= 4 is 17.1 Å². The molecule has 0 atom stereocenters. The molecule has 1 aromatic carbocycles. The Hall–Kier alpha value is -1.61. The van der Waals surface area contributed by atoms with Crippen molar-refractivity contribution in [3.8, 4) is 5.75 Å². The van der Waals surface area contributed by atoms with Crippen LogP contribution in [0, 0.1) is 13.8 Å². The molecule has 0 spiro atoms. The van der Waals surface area contributed by atoms with Gasteiger partial charge in [0, 0.05) is 10.4 Å². The van der Waals surface area contributed by atoms with Crippen molar-refractivity contribution in [1.29, 1.82) is 0 Å². The van der Waals surface area contributed by atoms with Crippen molar-refractivity contribution in [1.82, 2.24) is 0 Å². The number of thiophene rings is 1. The lowest BCUT2D eigenvalue weighted by Crippen LogP contribution is -2.00.